The number of carbonyl (C=O) groups excluding carboxylic acids is 2. The molecule has 0 unspecified atom stereocenters. The molecule has 2 rings (SSSR count). The predicted octanol–water partition coefficient (Wildman–Crippen LogP) is -0.477. The highest BCUT2D eigenvalue weighted by atomic mass is 16.2. The fourth-order valence-corrected chi connectivity index (χ4v) is 2.31. The van der Waals surface area contributed by atoms with Crippen LogP contribution in [0.15, 0.2) is 0 Å². The molecular weight excluding hydrogens is 206 g/mol. The predicted molar refractivity (Wildman–Crippen MR) is 59.8 cm³/mol. The summed E-state index contributed by atoms with van der Waals surface area (Å²) in [7, 11) is 0. The summed E-state index contributed by atoms with van der Waals surface area (Å²) in [6.07, 6.45) is 4.52. The Kier molecular flexibility index (Phi) is 3.77. The first-order valence-electron chi connectivity index (χ1n) is 6.06. The zero-order valence-electron chi connectivity index (χ0n) is 9.42. The second-order valence-corrected chi connectivity index (χ2v) is 4.53. The third-order valence-corrected chi connectivity index (χ3v) is 3.27. The minimum absolute atomic E-state index is 0.0161. The third-order valence-electron chi connectivity index (χ3n) is 3.27. The largest absolute Gasteiger partial charge is 0.354 e. The number of carbonyl (C=O) groups is 2. The van der Waals surface area contributed by atoms with Gasteiger partial charge in [0.2, 0.25) is 11.8 Å². The lowest BCUT2D eigenvalue weighted by Gasteiger charge is -2.13. The van der Waals surface area contributed by atoms with E-state index < -0.39 is 0 Å². The summed E-state index contributed by atoms with van der Waals surface area (Å²) < 4.78 is 0. The Bertz CT molecular complexity index is 274. The van der Waals surface area contributed by atoms with Crippen molar-refractivity contribution in [1.82, 2.24) is 16.0 Å². The summed E-state index contributed by atoms with van der Waals surface area (Å²) in [5.74, 6) is -0.0542. The van der Waals surface area contributed by atoms with Gasteiger partial charge < -0.3 is 16.0 Å². The standard InChI is InChI=1S/C11H19N3O2/c15-10-4-3-9(14-10)11(16)13-7-5-8-2-1-6-12-8/h8-9,12H,1-7H2,(H,13,16)(H,14,15)/t8-,9+/m0/s1. The highest BCUT2D eigenvalue weighted by molar-refractivity contribution is 5.90. The summed E-state index contributed by atoms with van der Waals surface area (Å²) in [6.45, 7) is 1.79. The molecule has 0 aromatic rings. The fourth-order valence-electron chi connectivity index (χ4n) is 2.31. The van der Waals surface area contributed by atoms with Gasteiger partial charge in [-0.25, -0.2) is 0 Å². The number of nitrogens with one attached hydrogen (secondary N) is 3. The molecule has 2 aliphatic rings. The summed E-state index contributed by atoms with van der Waals surface area (Å²) in [5, 5.41) is 8.93. The van der Waals surface area contributed by atoms with Gasteiger partial charge in [-0.1, -0.05) is 0 Å². The normalized spacial score (nSPS) is 29.1. The summed E-state index contributed by atoms with van der Waals surface area (Å²) >= 11 is 0. The second-order valence-electron chi connectivity index (χ2n) is 4.53. The molecular formula is C11H19N3O2. The average molecular weight is 225 g/mol. The Morgan fingerprint density at radius 2 is 2.31 bits per heavy atom. The molecule has 2 fully saturated rings. The van der Waals surface area contributed by atoms with Crippen LogP contribution in [0.2, 0.25) is 0 Å². The molecule has 90 valence electrons. The zero-order chi connectivity index (χ0) is 11.4. The number of hydrogen-bond donors (Lipinski definition) is 3. The average Bonchev–Trinajstić information content (AvgIpc) is 2.89. The van der Waals surface area contributed by atoms with E-state index in [1.165, 1.54) is 12.8 Å². The maximum atomic E-state index is 11.6. The van der Waals surface area contributed by atoms with Crippen molar-refractivity contribution in [3.05, 3.63) is 0 Å². The molecule has 0 aliphatic carbocycles. The molecule has 2 aliphatic heterocycles. The first-order valence-corrected chi connectivity index (χ1v) is 6.06. The van der Waals surface area contributed by atoms with Crippen molar-refractivity contribution in [3.63, 3.8) is 0 Å². The SMILES string of the molecule is O=C1CC[C@H](C(=O)NCC[C@@H]2CCCN2)N1. The summed E-state index contributed by atoms with van der Waals surface area (Å²) in [6, 6.07) is 0.252. The minimum atomic E-state index is -0.302. The van der Waals surface area contributed by atoms with Crippen LogP contribution in [-0.4, -0.2) is 37.0 Å². The maximum absolute atomic E-state index is 11.6. The molecule has 0 aromatic carbocycles. The van der Waals surface area contributed by atoms with Crippen molar-refractivity contribution in [2.45, 2.75) is 44.2 Å². The van der Waals surface area contributed by atoms with E-state index in [2.05, 4.69) is 16.0 Å². The van der Waals surface area contributed by atoms with Crippen molar-refractivity contribution >= 4 is 11.8 Å². The first-order chi connectivity index (χ1) is 7.75. The Hall–Kier alpha value is -1.10. The van der Waals surface area contributed by atoms with Crippen LogP contribution in [0.5, 0.6) is 0 Å². The van der Waals surface area contributed by atoms with Crippen molar-refractivity contribution < 1.29 is 9.59 Å². The second kappa shape index (κ2) is 5.30. The van der Waals surface area contributed by atoms with Crippen LogP contribution in [0.3, 0.4) is 0 Å². The molecule has 5 nitrogen and oxygen atoms in total. The smallest absolute Gasteiger partial charge is 0.242 e. The van der Waals surface area contributed by atoms with Gasteiger partial charge in [0, 0.05) is 19.0 Å². The topological polar surface area (TPSA) is 70.2 Å². The molecule has 2 atom stereocenters. The van der Waals surface area contributed by atoms with Crippen LogP contribution in [0.1, 0.15) is 32.1 Å². The number of hydrogen-bond acceptors (Lipinski definition) is 3. The zero-order valence-corrected chi connectivity index (χ0v) is 9.42. The van der Waals surface area contributed by atoms with Gasteiger partial charge in [0.25, 0.3) is 0 Å². The van der Waals surface area contributed by atoms with E-state index >= 15 is 0 Å². The van der Waals surface area contributed by atoms with Crippen molar-refractivity contribution in [2.75, 3.05) is 13.1 Å². The lowest BCUT2D eigenvalue weighted by atomic mass is 10.1. The Balaban J connectivity index is 1.61. The first kappa shape index (κ1) is 11.4. The third kappa shape index (κ3) is 2.95. The Labute approximate surface area is 95.3 Å². The molecule has 0 saturated carbocycles. The minimum Gasteiger partial charge on any atom is -0.354 e. The lowest BCUT2D eigenvalue weighted by molar-refractivity contribution is -0.125. The highest BCUT2D eigenvalue weighted by Crippen LogP contribution is 2.08. The van der Waals surface area contributed by atoms with Crippen molar-refractivity contribution in [2.24, 2.45) is 0 Å². The summed E-state index contributed by atoms with van der Waals surface area (Å²) in [5.41, 5.74) is 0. The van der Waals surface area contributed by atoms with E-state index in [0.717, 1.165) is 13.0 Å². The molecule has 2 amide bonds. The van der Waals surface area contributed by atoms with Gasteiger partial charge in [-0.15, -0.1) is 0 Å². The van der Waals surface area contributed by atoms with Gasteiger partial charge in [0.05, 0.1) is 0 Å². The van der Waals surface area contributed by atoms with Gasteiger partial charge in [0.15, 0.2) is 0 Å². The highest BCUT2D eigenvalue weighted by Gasteiger charge is 2.26. The molecule has 3 N–H and O–H groups in total. The lowest BCUT2D eigenvalue weighted by Crippen LogP contribution is -2.42. The van der Waals surface area contributed by atoms with Crippen molar-refractivity contribution in [1.29, 1.82) is 0 Å². The molecule has 2 saturated heterocycles. The maximum Gasteiger partial charge on any atom is 0.242 e. The molecule has 0 spiro atoms. The van der Waals surface area contributed by atoms with Crippen LogP contribution in [0.25, 0.3) is 0 Å². The van der Waals surface area contributed by atoms with E-state index in [4.69, 9.17) is 0 Å². The van der Waals surface area contributed by atoms with Gasteiger partial charge in [-0.2, -0.15) is 0 Å². The van der Waals surface area contributed by atoms with E-state index in [9.17, 15) is 9.59 Å². The van der Waals surface area contributed by atoms with E-state index in [0.29, 0.717) is 25.4 Å². The van der Waals surface area contributed by atoms with E-state index in [1.54, 1.807) is 0 Å². The Morgan fingerprint density at radius 1 is 1.44 bits per heavy atom. The van der Waals surface area contributed by atoms with Gasteiger partial charge in [0.1, 0.15) is 6.04 Å². The molecule has 0 radical (unpaired) electrons. The molecule has 2 heterocycles. The van der Waals surface area contributed by atoms with Gasteiger partial charge >= 0.3 is 0 Å². The monoisotopic (exact) mass is 225 g/mol. The van der Waals surface area contributed by atoms with Crippen LogP contribution in [-0.2, 0) is 9.59 Å². The summed E-state index contributed by atoms with van der Waals surface area (Å²) in [4.78, 5) is 22.6. The molecule has 0 aromatic heterocycles. The van der Waals surface area contributed by atoms with E-state index in [1.807, 2.05) is 0 Å². The molecule has 0 bridgehead atoms. The van der Waals surface area contributed by atoms with Crippen LogP contribution in [0, 0.1) is 0 Å². The van der Waals surface area contributed by atoms with Crippen LogP contribution in [0.4, 0.5) is 0 Å². The number of rotatable bonds is 4. The van der Waals surface area contributed by atoms with Crippen LogP contribution < -0.4 is 16.0 Å². The quantitative estimate of drug-likeness (QED) is 0.605. The van der Waals surface area contributed by atoms with Gasteiger partial charge in [-0.3, -0.25) is 9.59 Å². The van der Waals surface area contributed by atoms with E-state index in [-0.39, 0.29) is 17.9 Å². The molecule has 16 heavy (non-hydrogen) atoms. The van der Waals surface area contributed by atoms with Crippen LogP contribution >= 0.6 is 0 Å². The fraction of sp³-hybridized carbons (Fsp3) is 0.818. The number of amides is 2. The molecule has 5 heteroatoms. The Morgan fingerprint density at radius 3 is 2.94 bits per heavy atom. The van der Waals surface area contributed by atoms with Crippen molar-refractivity contribution in [3.8, 4) is 0 Å². The van der Waals surface area contributed by atoms with Gasteiger partial charge in [-0.05, 0) is 32.2 Å².